The van der Waals surface area contributed by atoms with Crippen LogP contribution in [0.3, 0.4) is 0 Å². The number of benzene rings is 1. The van der Waals surface area contributed by atoms with Gasteiger partial charge >= 0.3 is 12.1 Å². The zero-order chi connectivity index (χ0) is 28.5. The van der Waals surface area contributed by atoms with E-state index in [0.29, 0.717) is 34.9 Å². The molecule has 2 aliphatic rings. The topological polar surface area (TPSA) is 142 Å². The largest absolute Gasteiger partial charge is 0.425 e. The van der Waals surface area contributed by atoms with Crippen LogP contribution in [0, 0.1) is 12.8 Å². The molecular weight excluding hydrogens is 504 g/mol. The van der Waals surface area contributed by atoms with Gasteiger partial charge in [-0.1, -0.05) is 19.1 Å². The number of carbonyl (C=O) groups excluding carboxylic acids is 4. The van der Waals surface area contributed by atoms with Crippen LogP contribution < -0.4 is 10.7 Å². The van der Waals surface area contributed by atoms with Crippen molar-refractivity contribution in [3.05, 3.63) is 52.7 Å². The first kappa shape index (κ1) is 29.1. The Hall–Kier alpha value is -4.48. The Morgan fingerprint density at radius 1 is 1.23 bits per heavy atom. The summed E-state index contributed by atoms with van der Waals surface area (Å²) in [4.78, 5) is 59.9. The van der Waals surface area contributed by atoms with Crippen LogP contribution >= 0.6 is 0 Å². The monoisotopic (exact) mass is 538 g/mol. The van der Waals surface area contributed by atoms with Gasteiger partial charge in [0.2, 0.25) is 12.7 Å². The molecule has 0 radical (unpaired) electrons. The molecule has 3 amide bonds. The number of hydrazine groups is 1. The molecule has 208 valence electrons. The minimum atomic E-state index is -0.912. The van der Waals surface area contributed by atoms with Gasteiger partial charge in [0.15, 0.2) is 5.84 Å². The first-order chi connectivity index (χ1) is 18.7. The molecule has 1 unspecified atom stereocenters. The van der Waals surface area contributed by atoms with Crippen molar-refractivity contribution in [3.63, 3.8) is 0 Å². The smallest absolute Gasteiger partial charge is 0.419 e. The molecule has 3 rings (SSSR count). The average molecular weight is 539 g/mol. The first-order valence-electron chi connectivity index (χ1n) is 12.7. The zero-order valence-electron chi connectivity index (χ0n) is 22.8. The highest BCUT2D eigenvalue weighted by molar-refractivity contribution is 6.07. The van der Waals surface area contributed by atoms with E-state index in [1.807, 2.05) is 19.9 Å². The zero-order valence-corrected chi connectivity index (χ0v) is 22.8. The van der Waals surface area contributed by atoms with Gasteiger partial charge in [-0.15, -0.1) is 0 Å². The van der Waals surface area contributed by atoms with Gasteiger partial charge in [0, 0.05) is 24.7 Å². The fraction of sp³-hybridized carbons (Fsp3) is 0.407. The number of amides is 3. The van der Waals surface area contributed by atoms with E-state index in [4.69, 9.17) is 14.5 Å². The quantitative estimate of drug-likeness (QED) is 0.278. The average Bonchev–Trinajstić information content (AvgIpc) is 3.26. The number of nitrogens with one attached hydrogen (secondary N) is 2. The minimum Gasteiger partial charge on any atom is -0.425 e. The molecule has 0 bridgehead atoms. The standard InChI is InChI=1S/C27H34N6O6/c1-6-9-22(34)38-16-39-27(37)32(8-3)26(36)20-14-33-23(18(20)5)24(29-15-30-33)31-21-13-19(11-10-17(21)4)25(35)28-12-7-2/h6,9-11,13,15,20H,7-8,12,14,16H2,1-5H3,(H,28,35)(H,29,30,31)/b9-6+. The van der Waals surface area contributed by atoms with Crippen molar-refractivity contribution in [2.45, 2.75) is 41.0 Å². The molecule has 39 heavy (non-hydrogen) atoms. The number of fused-ring (bicyclic) bond motifs is 1. The second kappa shape index (κ2) is 13.4. The lowest BCUT2D eigenvalue weighted by Gasteiger charge is -2.26. The van der Waals surface area contributed by atoms with Gasteiger partial charge in [-0.3, -0.25) is 20.0 Å². The Morgan fingerprint density at radius 3 is 2.69 bits per heavy atom. The molecule has 1 atom stereocenters. The van der Waals surface area contributed by atoms with Gasteiger partial charge in [0.1, 0.15) is 12.0 Å². The SMILES string of the molecule is C/C=C/C(=O)OCOC(=O)N(CC)C(=O)C1CN2NC=NC(=Nc3cc(C(=O)NCCC)ccc3C)C2=C1C. The molecule has 2 N–H and O–H groups in total. The molecule has 0 fully saturated rings. The highest BCUT2D eigenvalue weighted by Crippen LogP contribution is 2.32. The van der Waals surface area contributed by atoms with Gasteiger partial charge < -0.3 is 14.8 Å². The van der Waals surface area contributed by atoms with E-state index in [1.54, 1.807) is 37.9 Å². The molecule has 2 aliphatic heterocycles. The van der Waals surface area contributed by atoms with Crippen LogP contribution in [-0.2, 0) is 19.1 Å². The first-order valence-corrected chi connectivity index (χ1v) is 12.7. The van der Waals surface area contributed by atoms with Crippen molar-refractivity contribution >= 4 is 41.7 Å². The lowest BCUT2D eigenvalue weighted by Crippen LogP contribution is -2.45. The molecule has 12 nitrogen and oxygen atoms in total. The van der Waals surface area contributed by atoms with E-state index < -0.39 is 30.7 Å². The summed E-state index contributed by atoms with van der Waals surface area (Å²) in [6, 6.07) is 5.28. The summed E-state index contributed by atoms with van der Waals surface area (Å²) in [5, 5.41) is 4.60. The number of aryl methyl sites for hydroxylation is 1. The normalized spacial score (nSPS) is 17.2. The third kappa shape index (κ3) is 6.89. The van der Waals surface area contributed by atoms with Crippen LogP contribution in [0.4, 0.5) is 10.5 Å². The summed E-state index contributed by atoms with van der Waals surface area (Å²) >= 11 is 0. The van der Waals surface area contributed by atoms with Crippen molar-refractivity contribution in [1.29, 1.82) is 0 Å². The summed E-state index contributed by atoms with van der Waals surface area (Å²) in [7, 11) is 0. The Labute approximate surface area is 227 Å². The number of aliphatic imine (C=N–C) groups is 2. The number of nitrogens with zero attached hydrogens (tertiary/aromatic N) is 4. The predicted molar refractivity (Wildman–Crippen MR) is 145 cm³/mol. The molecule has 0 aromatic heterocycles. The van der Waals surface area contributed by atoms with Crippen molar-refractivity contribution in [2.75, 3.05) is 26.4 Å². The van der Waals surface area contributed by atoms with E-state index in [-0.39, 0.29) is 19.0 Å². The van der Waals surface area contributed by atoms with E-state index in [9.17, 15) is 19.2 Å². The van der Waals surface area contributed by atoms with Gasteiger partial charge in [-0.05, 0) is 57.4 Å². The van der Waals surface area contributed by atoms with Crippen LogP contribution in [-0.4, -0.2) is 72.4 Å². The Bertz CT molecular complexity index is 1250. The fourth-order valence-electron chi connectivity index (χ4n) is 4.06. The summed E-state index contributed by atoms with van der Waals surface area (Å²) < 4.78 is 9.76. The van der Waals surface area contributed by atoms with Gasteiger partial charge in [-0.25, -0.2) is 24.5 Å². The Morgan fingerprint density at radius 2 is 2.00 bits per heavy atom. The van der Waals surface area contributed by atoms with Crippen molar-refractivity contribution < 1.29 is 28.7 Å². The van der Waals surface area contributed by atoms with Gasteiger partial charge in [0.25, 0.3) is 5.91 Å². The lowest BCUT2D eigenvalue weighted by molar-refractivity contribution is -0.147. The third-order valence-corrected chi connectivity index (χ3v) is 6.16. The summed E-state index contributed by atoms with van der Waals surface area (Å²) in [5.41, 5.74) is 6.22. The molecule has 0 aliphatic carbocycles. The molecule has 1 aromatic rings. The second-order valence-electron chi connectivity index (χ2n) is 8.85. The number of allylic oxidation sites excluding steroid dienone is 1. The molecule has 2 heterocycles. The molecule has 1 aromatic carbocycles. The summed E-state index contributed by atoms with van der Waals surface area (Å²) in [6.07, 6.45) is 4.07. The van der Waals surface area contributed by atoms with E-state index in [2.05, 4.69) is 15.7 Å². The second-order valence-corrected chi connectivity index (χ2v) is 8.85. The summed E-state index contributed by atoms with van der Waals surface area (Å²) in [6.45, 7) is 9.23. The van der Waals surface area contributed by atoms with Crippen LogP contribution in [0.25, 0.3) is 0 Å². The van der Waals surface area contributed by atoms with Crippen molar-refractivity contribution in [3.8, 4) is 0 Å². The number of ether oxygens (including phenoxy) is 2. The van der Waals surface area contributed by atoms with Crippen LogP contribution in [0.5, 0.6) is 0 Å². The number of amidine groups is 1. The predicted octanol–water partition coefficient (Wildman–Crippen LogP) is 2.98. The van der Waals surface area contributed by atoms with E-state index in [0.717, 1.165) is 16.9 Å². The Balaban J connectivity index is 1.82. The van der Waals surface area contributed by atoms with Crippen molar-refractivity contribution in [1.82, 2.24) is 20.7 Å². The molecular formula is C27H34N6O6. The number of rotatable bonds is 9. The number of esters is 1. The van der Waals surface area contributed by atoms with Gasteiger partial charge in [-0.2, -0.15) is 0 Å². The molecule has 0 spiro atoms. The number of hydrogen-bond donors (Lipinski definition) is 2. The lowest BCUT2D eigenvalue weighted by atomic mass is 10.0. The maximum atomic E-state index is 13.4. The maximum absolute atomic E-state index is 13.4. The van der Waals surface area contributed by atoms with E-state index in [1.165, 1.54) is 18.5 Å². The Kier molecular flexibility index (Phi) is 9.96. The minimum absolute atomic E-state index is 0.0660. The number of carbonyl (C=O) groups is 4. The van der Waals surface area contributed by atoms with Crippen molar-refractivity contribution in [2.24, 2.45) is 15.9 Å². The fourth-order valence-corrected chi connectivity index (χ4v) is 4.06. The highest BCUT2D eigenvalue weighted by Gasteiger charge is 2.40. The van der Waals surface area contributed by atoms with Crippen LogP contribution in [0.15, 0.2) is 51.6 Å². The third-order valence-electron chi connectivity index (χ3n) is 6.16. The van der Waals surface area contributed by atoms with Crippen LogP contribution in [0.2, 0.25) is 0 Å². The van der Waals surface area contributed by atoms with Gasteiger partial charge in [0.05, 0.1) is 18.2 Å². The van der Waals surface area contributed by atoms with E-state index >= 15 is 0 Å². The maximum Gasteiger partial charge on any atom is 0.419 e. The molecule has 0 saturated heterocycles. The molecule has 0 saturated carbocycles. The highest BCUT2D eigenvalue weighted by atomic mass is 16.7. The summed E-state index contributed by atoms with van der Waals surface area (Å²) in [5.74, 6) is -1.61. The number of hydrogen-bond acceptors (Lipinski definition) is 9. The van der Waals surface area contributed by atoms with Crippen LogP contribution in [0.1, 0.15) is 50.0 Å². The number of imide groups is 1. The molecule has 12 heteroatoms.